The van der Waals surface area contributed by atoms with E-state index in [1.807, 2.05) is 0 Å². The van der Waals surface area contributed by atoms with Gasteiger partial charge in [0.25, 0.3) is 0 Å². The Bertz CT molecular complexity index is 562. The number of Topliss-reactive ketones (excluding diaryl/α,β-unsaturated/α-hetero) is 1. The van der Waals surface area contributed by atoms with Gasteiger partial charge in [-0.25, -0.2) is 0 Å². The van der Waals surface area contributed by atoms with Gasteiger partial charge in [-0.1, -0.05) is 64.3 Å². The van der Waals surface area contributed by atoms with Crippen LogP contribution in [-0.2, 0) is 15.6 Å². The molecule has 0 aromatic heterocycles. The van der Waals surface area contributed by atoms with Crippen LogP contribution in [0, 0.1) is 5.92 Å². The largest absolute Gasteiger partial charge is 0.372 e. The molecule has 3 rings (SSSR count). The second-order valence-corrected chi connectivity index (χ2v) is 11.9. The fraction of sp³-hybridized carbons (Fsp3) is 0.708. The number of benzene rings is 1. The van der Waals surface area contributed by atoms with Crippen LogP contribution in [0.25, 0.3) is 0 Å². The van der Waals surface area contributed by atoms with E-state index in [2.05, 4.69) is 58.9 Å². The first kappa shape index (κ1) is 22.5. The number of carbonyl (C=O) groups excluding carboxylic acids is 1. The van der Waals surface area contributed by atoms with Crippen LogP contribution in [0.5, 0.6) is 0 Å². The summed E-state index contributed by atoms with van der Waals surface area (Å²) in [6.07, 6.45) is 6.70. The molecule has 2 fully saturated rings. The van der Waals surface area contributed by atoms with Crippen molar-refractivity contribution in [3.8, 4) is 0 Å². The summed E-state index contributed by atoms with van der Waals surface area (Å²) in [5, 5.41) is 0. The zero-order chi connectivity index (χ0) is 19.9. The molecule has 0 amide bonds. The van der Waals surface area contributed by atoms with E-state index in [0.717, 1.165) is 36.2 Å². The summed E-state index contributed by atoms with van der Waals surface area (Å²) in [4.78, 5) is 13.0. The quantitative estimate of drug-likeness (QED) is 0.464. The molecule has 1 aromatic carbocycles. The van der Waals surface area contributed by atoms with Crippen molar-refractivity contribution in [2.75, 3.05) is 24.7 Å². The standard InChI is InChI=1S/C20H29O2S.C4H10/c1-20(2,23-14-12-22-13-15-23)19(21)18-10-8-17(9-11-18)16-6-4-3-5-7-16;1-4(2)3/h8-11,16H,3-7,12-15H2,1-2H3;4H,1-3H3/q+1;. The Kier molecular flexibility index (Phi) is 8.88. The molecule has 27 heavy (non-hydrogen) atoms. The Morgan fingerprint density at radius 2 is 1.52 bits per heavy atom. The molecule has 1 aromatic rings. The molecule has 0 unspecified atom stereocenters. The summed E-state index contributed by atoms with van der Waals surface area (Å²) in [5.41, 5.74) is 2.31. The number of rotatable bonds is 4. The van der Waals surface area contributed by atoms with Gasteiger partial charge in [-0.3, -0.25) is 4.79 Å². The average Bonchev–Trinajstić information content (AvgIpc) is 2.68. The maximum Gasteiger partial charge on any atom is 0.217 e. The molecule has 0 bridgehead atoms. The van der Waals surface area contributed by atoms with E-state index in [1.54, 1.807) is 0 Å². The van der Waals surface area contributed by atoms with E-state index in [4.69, 9.17) is 4.74 Å². The predicted octanol–water partition coefficient (Wildman–Crippen LogP) is 6.01. The summed E-state index contributed by atoms with van der Waals surface area (Å²) in [5.74, 6) is 3.90. The monoisotopic (exact) mass is 391 g/mol. The lowest BCUT2D eigenvalue weighted by molar-refractivity contribution is 0.0954. The number of hydrogen-bond donors (Lipinski definition) is 0. The van der Waals surface area contributed by atoms with Gasteiger partial charge in [0.2, 0.25) is 5.78 Å². The molecule has 1 aliphatic carbocycles. The van der Waals surface area contributed by atoms with Crippen molar-refractivity contribution in [2.24, 2.45) is 5.92 Å². The van der Waals surface area contributed by atoms with Crippen molar-refractivity contribution in [1.82, 2.24) is 0 Å². The van der Waals surface area contributed by atoms with Gasteiger partial charge in [-0.15, -0.1) is 0 Å². The van der Waals surface area contributed by atoms with E-state index >= 15 is 0 Å². The van der Waals surface area contributed by atoms with Crippen LogP contribution in [-0.4, -0.2) is 35.2 Å². The molecule has 3 heteroatoms. The van der Waals surface area contributed by atoms with Gasteiger partial charge in [0.15, 0.2) is 4.75 Å². The summed E-state index contributed by atoms with van der Waals surface area (Å²) in [7, 11) is 0.130. The maximum absolute atomic E-state index is 13.0. The van der Waals surface area contributed by atoms with Crippen LogP contribution in [0.4, 0.5) is 0 Å². The number of carbonyl (C=O) groups is 1. The summed E-state index contributed by atoms with van der Waals surface area (Å²) in [6, 6.07) is 8.54. The lowest BCUT2D eigenvalue weighted by Gasteiger charge is -2.27. The van der Waals surface area contributed by atoms with Gasteiger partial charge in [0.1, 0.15) is 11.5 Å². The molecule has 2 aliphatic rings. The van der Waals surface area contributed by atoms with E-state index in [-0.39, 0.29) is 15.6 Å². The Morgan fingerprint density at radius 1 is 1.00 bits per heavy atom. The smallest absolute Gasteiger partial charge is 0.217 e. The number of hydrogen-bond acceptors (Lipinski definition) is 2. The first-order chi connectivity index (χ1) is 12.8. The van der Waals surface area contributed by atoms with Crippen LogP contribution < -0.4 is 0 Å². The Morgan fingerprint density at radius 3 is 2.04 bits per heavy atom. The molecule has 0 atom stereocenters. The summed E-state index contributed by atoms with van der Waals surface area (Å²) in [6.45, 7) is 12.4. The second-order valence-electron chi connectivity index (χ2n) is 9.04. The molecular formula is C24H39O2S+. The van der Waals surface area contributed by atoms with E-state index in [0.29, 0.717) is 11.7 Å². The molecule has 0 N–H and O–H groups in total. The van der Waals surface area contributed by atoms with Gasteiger partial charge in [-0.2, -0.15) is 0 Å². The molecule has 1 saturated heterocycles. The van der Waals surface area contributed by atoms with Crippen LogP contribution >= 0.6 is 0 Å². The minimum atomic E-state index is -0.268. The highest BCUT2D eigenvalue weighted by molar-refractivity contribution is 7.99. The Labute approximate surface area is 169 Å². The average molecular weight is 392 g/mol. The Hall–Kier alpha value is -0.800. The highest BCUT2D eigenvalue weighted by Gasteiger charge is 2.46. The van der Waals surface area contributed by atoms with Gasteiger partial charge in [0, 0.05) is 16.5 Å². The molecule has 0 spiro atoms. The van der Waals surface area contributed by atoms with Gasteiger partial charge in [0.05, 0.1) is 13.2 Å². The molecule has 0 radical (unpaired) electrons. The molecule has 1 aliphatic heterocycles. The number of ketones is 1. The first-order valence-corrected chi connectivity index (χ1v) is 12.3. The van der Waals surface area contributed by atoms with E-state index in [9.17, 15) is 4.79 Å². The lowest BCUT2D eigenvalue weighted by Crippen LogP contribution is -2.47. The van der Waals surface area contributed by atoms with Crippen molar-refractivity contribution < 1.29 is 9.53 Å². The highest BCUT2D eigenvalue weighted by Crippen LogP contribution is 2.33. The van der Waals surface area contributed by atoms with Gasteiger partial charge < -0.3 is 4.74 Å². The third-order valence-corrected chi connectivity index (χ3v) is 8.41. The van der Waals surface area contributed by atoms with Crippen LogP contribution in [0.2, 0.25) is 0 Å². The molecule has 1 saturated carbocycles. The predicted molar refractivity (Wildman–Crippen MR) is 119 cm³/mol. The van der Waals surface area contributed by atoms with Gasteiger partial charge >= 0.3 is 0 Å². The zero-order valence-electron chi connectivity index (χ0n) is 18.1. The summed E-state index contributed by atoms with van der Waals surface area (Å²) >= 11 is 0. The van der Waals surface area contributed by atoms with E-state index in [1.165, 1.54) is 37.7 Å². The first-order valence-electron chi connectivity index (χ1n) is 10.7. The van der Waals surface area contributed by atoms with Crippen molar-refractivity contribution >= 4 is 16.7 Å². The fourth-order valence-corrected chi connectivity index (χ4v) is 6.10. The minimum Gasteiger partial charge on any atom is -0.372 e. The number of ether oxygens (including phenoxy) is 1. The minimum absolute atomic E-state index is 0.130. The topological polar surface area (TPSA) is 26.3 Å². The highest BCUT2D eigenvalue weighted by atomic mass is 32.2. The third-order valence-electron chi connectivity index (χ3n) is 5.47. The zero-order valence-corrected chi connectivity index (χ0v) is 18.9. The lowest BCUT2D eigenvalue weighted by atomic mass is 9.83. The van der Waals surface area contributed by atoms with Crippen LogP contribution in [0.3, 0.4) is 0 Å². The van der Waals surface area contributed by atoms with Crippen LogP contribution in [0.15, 0.2) is 24.3 Å². The van der Waals surface area contributed by atoms with E-state index < -0.39 is 0 Å². The molecule has 1 heterocycles. The maximum atomic E-state index is 13.0. The molecule has 2 nitrogen and oxygen atoms in total. The third kappa shape index (κ3) is 6.64. The van der Waals surface area contributed by atoms with Crippen molar-refractivity contribution in [1.29, 1.82) is 0 Å². The van der Waals surface area contributed by atoms with Crippen molar-refractivity contribution in [3.05, 3.63) is 35.4 Å². The normalized spacial score (nSPS) is 19.5. The fourth-order valence-electron chi connectivity index (χ4n) is 3.85. The van der Waals surface area contributed by atoms with Crippen molar-refractivity contribution in [3.63, 3.8) is 0 Å². The summed E-state index contributed by atoms with van der Waals surface area (Å²) < 4.78 is 5.19. The molecular weight excluding hydrogens is 352 g/mol. The van der Waals surface area contributed by atoms with Gasteiger partial charge in [-0.05, 0) is 44.1 Å². The molecule has 152 valence electrons. The van der Waals surface area contributed by atoms with Crippen molar-refractivity contribution in [2.45, 2.75) is 77.4 Å². The van der Waals surface area contributed by atoms with Crippen LogP contribution in [0.1, 0.15) is 88.6 Å². The SMILES string of the molecule is CC(C)(C(=O)c1ccc(C2CCCCC2)cc1)[S+]1CCOCC1.CC(C)C. The Balaban J connectivity index is 0.000000596. The second kappa shape index (κ2) is 10.7.